The third-order valence-corrected chi connectivity index (χ3v) is 2.96. The van der Waals surface area contributed by atoms with E-state index in [4.69, 9.17) is 0 Å². The minimum absolute atomic E-state index is 0.0240. The molecule has 4 heteroatoms. The quantitative estimate of drug-likeness (QED) is 0.560. The summed E-state index contributed by atoms with van der Waals surface area (Å²) >= 11 is 0. The van der Waals surface area contributed by atoms with E-state index in [0.717, 1.165) is 0 Å². The van der Waals surface area contributed by atoms with Crippen molar-refractivity contribution in [3.63, 3.8) is 0 Å². The third kappa shape index (κ3) is 1.65. The number of isocyanates is 1. The summed E-state index contributed by atoms with van der Waals surface area (Å²) in [6.45, 7) is 1.42. The van der Waals surface area contributed by atoms with E-state index in [0.29, 0.717) is 0 Å². The highest BCUT2D eigenvalue weighted by Gasteiger charge is 2.55. The Kier molecular flexibility index (Phi) is 2.39. The van der Waals surface area contributed by atoms with E-state index in [1.165, 1.54) is 25.1 Å². The minimum atomic E-state index is -1.39. The summed E-state index contributed by atoms with van der Waals surface area (Å²) in [6.07, 6.45) is 1.46. The topological polar surface area (TPSA) is 29.4 Å². The zero-order chi connectivity index (χ0) is 11.8. The van der Waals surface area contributed by atoms with Crippen LogP contribution in [-0.4, -0.2) is 11.7 Å². The molecule has 0 atom stereocenters. The summed E-state index contributed by atoms with van der Waals surface area (Å²) in [5.74, 6) is -0.461. The van der Waals surface area contributed by atoms with Crippen LogP contribution in [0.4, 0.5) is 8.78 Å². The van der Waals surface area contributed by atoms with Crippen LogP contribution in [0.15, 0.2) is 29.3 Å². The van der Waals surface area contributed by atoms with Crippen LogP contribution in [0.1, 0.15) is 25.3 Å². The number of benzene rings is 1. The van der Waals surface area contributed by atoms with Gasteiger partial charge in [-0.05, 0) is 13.0 Å². The lowest BCUT2D eigenvalue weighted by Gasteiger charge is -2.46. The number of carbonyl (C=O) groups excluding carboxylic acids is 1. The van der Waals surface area contributed by atoms with E-state index in [-0.39, 0.29) is 18.4 Å². The fourth-order valence-electron chi connectivity index (χ4n) is 2.42. The molecule has 1 aromatic carbocycles. The smallest absolute Gasteiger partial charge is 0.235 e. The zero-order valence-electron chi connectivity index (χ0n) is 8.84. The van der Waals surface area contributed by atoms with Crippen LogP contribution in [-0.2, 0) is 10.3 Å². The predicted octanol–water partition coefficient (Wildman–Crippen LogP) is 2.88. The van der Waals surface area contributed by atoms with Crippen LogP contribution in [0.2, 0.25) is 0 Å². The first-order valence-corrected chi connectivity index (χ1v) is 5.02. The summed E-state index contributed by atoms with van der Waals surface area (Å²) in [4.78, 5) is 14.0. The number of hydrogen-bond donors (Lipinski definition) is 0. The summed E-state index contributed by atoms with van der Waals surface area (Å²) in [5.41, 5.74) is -2.17. The van der Waals surface area contributed by atoms with E-state index in [1.54, 1.807) is 12.1 Å². The highest BCUT2D eigenvalue weighted by Crippen LogP contribution is 2.53. The molecular weight excluding hydrogens is 212 g/mol. The molecule has 1 aliphatic carbocycles. The first-order valence-electron chi connectivity index (χ1n) is 5.02. The Morgan fingerprint density at radius 2 is 2.00 bits per heavy atom. The summed E-state index contributed by atoms with van der Waals surface area (Å²) in [7, 11) is 0. The summed E-state index contributed by atoms with van der Waals surface area (Å²) in [5, 5.41) is 0. The molecule has 0 spiro atoms. The van der Waals surface area contributed by atoms with E-state index in [2.05, 4.69) is 4.99 Å². The average molecular weight is 223 g/mol. The molecule has 2 nitrogen and oxygen atoms in total. The van der Waals surface area contributed by atoms with Gasteiger partial charge < -0.3 is 0 Å². The Balaban J connectivity index is 2.44. The van der Waals surface area contributed by atoms with Gasteiger partial charge in [-0.3, -0.25) is 0 Å². The maximum atomic E-state index is 13.6. The molecule has 1 fully saturated rings. The predicted molar refractivity (Wildman–Crippen MR) is 54.9 cm³/mol. The highest BCUT2D eigenvalue weighted by molar-refractivity contribution is 5.41. The number of alkyl halides is 1. The molecule has 1 saturated carbocycles. The van der Waals surface area contributed by atoms with Crippen LogP contribution < -0.4 is 0 Å². The van der Waals surface area contributed by atoms with Crippen molar-refractivity contribution >= 4 is 6.08 Å². The SMILES string of the molecule is CC1(F)CC(N=C=O)(c2ccccc2F)C1. The number of halogens is 2. The second-order valence-corrected chi connectivity index (χ2v) is 4.48. The Hall–Kier alpha value is -1.54. The van der Waals surface area contributed by atoms with Gasteiger partial charge in [0.1, 0.15) is 17.0 Å². The van der Waals surface area contributed by atoms with Gasteiger partial charge in [-0.2, -0.15) is 4.99 Å². The summed E-state index contributed by atoms with van der Waals surface area (Å²) < 4.78 is 27.1. The van der Waals surface area contributed by atoms with E-state index < -0.39 is 17.0 Å². The minimum Gasteiger partial charge on any atom is -0.244 e. The fourth-order valence-corrected chi connectivity index (χ4v) is 2.42. The van der Waals surface area contributed by atoms with Crippen LogP contribution >= 0.6 is 0 Å². The van der Waals surface area contributed by atoms with E-state index in [1.807, 2.05) is 0 Å². The van der Waals surface area contributed by atoms with Gasteiger partial charge in [0.25, 0.3) is 0 Å². The Bertz CT molecular complexity index is 456. The molecule has 0 aromatic heterocycles. The van der Waals surface area contributed by atoms with Crippen molar-refractivity contribution < 1.29 is 13.6 Å². The fraction of sp³-hybridized carbons (Fsp3) is 0.417. The number of rotatable bonds is 2. The van der Waals surface area contributed by atoms with Gasteiger partial charge in [-0.25, -0.2) is 13.6 Å². The summed E-state index contributed by atoms with van der Waals surface area (Å²) in [6, 6.07) is 6.01. The van der Waals surface area contributed by atoms with E-state index >= 15 is 0 Å². The van der Waals surface area contributed by atoms with Gasteiger partial charge in [0.05, 0.1) is 0 Å². The van der Waals surface area contributed by atoms with Crippen molar-refractivity contribution in [2.75, 3.05) is 0 Å². The van der Waals surface area contributed by atoms with Gasteiger partial charge in [0.15, 0.2) is 0 Å². The highest BCUT2D eigenvalue weighted by atomic mass is 19.1. The molecule has 0 heterocycles. The largest absolute Gasteiger partial charge is 0.244 e. The van der Waals surface area contributed by atoms with E-state index in [9.17, 15) is 13.6 Å². The van der Waals surface area contributed by atoms with Crippen LogP contribution in [0.3, 0.4) is 0 Å². The normalized spacial score (nSPS) is 32.7. The lowest BCUT2D eigenvalue weighted by Crippen LogP contribution is -2.49. The second-order valence-electron chi connectivity index (χ2n) is 4.48. The molecule has 0 radical (unpaired) electrons. The first kappa shape index (κ1) is 11.0. The Labute approximate surface area is 92.0 Å². The third-order valence-electron chi connectivity index (χ3n) is 2.96. The molecule has 1 aromatic rings. The lowest BCUT2D eigenvalue weighted by molar-refractivity contribution is 0.00115. The maximum absolute atomic E-state index is 13.6. The van der Waals surface area contributed by atoms with Gasteiger partial charge in [0, 0.05) is 18.4 Å². The van der Waals surface area contributed by atoms with Crippen molar-refractivity contribution in [1.82, 2.24) is 0 Å². The molecule has 1 aliphatic rings. The van der Waals surface area contributed by atoms with Crippen LogP contribution in [0.25, 0.3) is 0 Å². The molecule has 0 unspecified atom stereocenters. The molecule has 0 bridgehead atoms. The molecular formula is C12H11F2NO. The number of aliphatic imine (C=N–C) groups is 1. The van der Waals surface area contributed by atoms with Crippen molar-refractivity contribution in [2.24, 2.45) is 4.99 Å². The molecule has 0 N–H and O–H groups in total. The molecule has 2 rings (SSSR count). The van der Waals surface area contributed by atoms with Crippen molar-refractivity contribution in [3.05, 3.63) is 35.6 Å². The maximum Gasteiger partial charge on any atom is 0.235 e. The van der Waals surface area contributed by atoms with Crippen molar-refractivity contribution in [1.29, 1.82) is 0 Å². The van der Waals surface area contributed by atoms with Gasteiger partial charge in [-0.15, -0.1) is 0 Å². The van der Waals surface area contributed by atoms with Gasteiger partial charge >= 0.3 is 0 Å². The zero-order valence-corrected chi connectivity index (χ0v) is 8.84. The van der Waals surface area contributed by atoms with Crippen LogP contribution in [0.5, 0.6) is 0 Å². The van der Waals surface area contributed by atoms with Crippen LogP contribution in [0, 0.1) is 5.82 Å². The lowest BCUT2D eigenvalue weighted by atomic mass is 9.64. The molecule has 0 aliphatic heterocycles. The molecule has 0 amide bonds. The second kappa shape index (κ2) is 3.49. The van der Waals surface area contributed by atoms with Crippen molar-refractivity contribution in [2.45, 2.75) is 31.0 Å². The number of hydrogen-bond acceptors (Lipinski definition) is 2. The van der Waals surface area contributed by atoms with Crippen molar-refractivity contribution in [3.8, 4) is 0 Å². The first-order chi connectivity index (χ1) is 7.49. The van der Waals surface area contributed by atoms with Gasteiger partial charge in [0.2, 0.25) is 6.08 Å². The standard InChI is InChI=1S/C12H11F2NO/c1-11(14)6-12(7-11,15-8-16)9-4-2-3-5-10(9)13/h2-5H,6-7H2,1H3. The number of nitrogens with zero attached hydrogens (tertiary/aromatic N) is 1. The Morgan fingerprint density at radius 1 is 1.38 bits per heavy atom. The monoisotopic (exact) mass is 223 g/mol. The van der Waals surface area contributed by atoms with Gasteiger partial charge in [-0.1, -0.05) is 18.2 Å². The Morgan fingerprint density at radius 3 is 2.50 bits per heavy atom. The molecule has 0 saturated heterocycles. The molecule has 84 valence electrons. The molecule has 16 heavy (non-hydrogen) atoms. The average Bonchev–Trinajstić information content (AvgIpc) is 2.15.